The summed E-state index contributed by atoms with van der Waals surface area (Å²) in [4.78, 5) is 1.97. The van der Waals surface area contributed by atoms with Gasteiger partial charge in [-0.25, -0.2) is 0 Å². The Morgan fingerprint density at radius 1 is 0.964 bits per heavy atom. The Hall–Kier alpha value is -1.30. The molecular formula is C19H27NO6P2. The topological polar surface area (TPSA) is 77.5 Å². The molecule has 28 heavy (non-hydrogen) atoms. The molecule has 0 aromatic heterocycles. The Morgan fingerprint density at radius 2 is 1.54 bits per heavy atom. The summed E-state index contributed by atoms with van der Waals surface area (Å²) in [6.45, 7) is 0.481. The first kappa shape index (κ1) is 23.0. The molecule has 0 aliphatic carbocycles. The van der Waals surface area contributed by atoms with Crippen molar-refractivity contribution in [3.05, 3.63) is 65.7 Å². The van der Waals surface area contributed by atoms with E-state index < -0.39 is 16.0 Å². The van der Waals surface area contributed by atoms with E-state index in [4.69, 9.17) is 18.1 Å². The summed E-state index contributed by atoms with van der Waals surface area (Å²) in [5.41, 5.74) is 1.90. The van der Waals surface area contributed by atoms with E-state index in [1.807, 2.05) is 35.2 Å². The monoisotopic (exact) mass is 427 g/mol. The number of hydrogen-bond donors (Lipinski definition) is 1. The van der Waals surface area contributed by atoms with Gasteiger partial charge in [0, 0.05) is 35.0 Å². The summed E-state index contributed by atoms with van der Waals surface area (Å²) in [5, 5.41) is 9.67. The van der Waals surface area contributed by atoms with E-state index in [9.17, 15) is 9.67 Å². The number of nitrogens with zero attached hydrogens (tertiary/aromatic N) is 1. The Labute approximate surface area is 167 Å². The molecule has 2 aromatic rings. The Kier molecular flexibility index (Phi) is 9.06. The van der Waals surface area contributed by atoms with E-state index in [0.717, 1.165) is 11.1 Å². The number of hydrogen-bond acceptors (Lipinski definition) is 7. The average molecular weight is 427 g/mol. The zero-order valence-electron chi connectivity index (χ0n) is 16.5. The van der Waals surface area contributed by atoms with Crippen molar-refractivity contribution in [3.8, 4) is 5.75 Å². The molecule has 0 fully saturated rings. The quantitative estimate of drug-likeness (QED) is 0.509. The third-order valence-corrected chi connectivity index (χ3v) is 7.80. The van der Waals surface area contributed by atoms with Gasteiger partial charge in [0.1, 0.15) is 17.8 Å². The minimum Gasteiger partial charge on any atom is -0.508 e. The maximum absolute atomic E-state index is 12.9. The molecular weight excluding hydrogens is 400 g/mol. The molecule has 0 saturated carbocycles. The molecule has 1 unspecified atom stereocenters. The van der Waals surface area contributed by atoms with Crippen LogP contribution in [-0.2, 0) is 29.2 Å². The first-order chi connectivity index (χ1) is 13.5. The van der Waals surface area contributed by atoms with Gasteiger partial charge in [-0.2, -0.15) is 0 Å². The highest BCUT2D eigenvalue weighted by molar-refractivity contribution is 7.53. The lowest BCUT2D eigenvalue weighted by molar-refractivity contribution is 0.203. The largest absolute Gasteiger partial charge is 0.508 e. The highest BCUT2D eigenvalue weighted by Gasteiger charge is 2.36. The zero-order valence-corrected chi connectivity index (χ0v) is 18.3. The van der Waals surface area contributed by atoms with Crippen LogP contribution in [-0.4, -0.2) is 44.7 Å². The van der Waals surface area contributed by atoms with Crippen LogP contribution in [0.3, 0.4) is 0 Å². The Bertz CT molecular complexity index is 747. The van der Waals surface area contributed by atoms with E-state index in [1.165, 1.54) is 14.2 Å². The Morgan fingerprint density at radius 3 is 2.04 bits per heavy atom. The summed E-state index contributed by atoms with van der Waals surface area (Å²) >= 11 is 0. The van der Waals surface area contributed by atoms with Crippen molar-refractivity contribution < 1.29 is 27.8 Å². The number of aromatic hydroxyl groups is 1. The molecule has 0 radical (unpaired) electrons. The molecule has 2 aromatic carbocycles. The summed E-state index contributed by atoms with van der Waals surface area (Å²) in [5.74, 6) is -0.194. The highest BCUT2D eigenvalue weighted by Crippen LogP contribution is 2.57. The average Bonchev–Trinajstić information content (AvgIpc) is 2.73. The summed E-state index contributed by atoms with van der Waals surface area (Å²) in [6.07, 6.45) is 0.0476. The summed E-state index contributed by atoms with van der Waals surface area (Å²) in [6, 6.07) is 16.6. The number of benzene rings is 2. The molecule has 0 spiro atoms. The smallest absolute Gasteiger partial charge is 0.344 e. The van der Waals surface area contributed by atoms with E-state index in [0.29, 0.717) is 6.54 Å². The van der Waals surface area contributed by atoms with E-state index >= 15 is 0 Å². The van der Waals surface area contributed by atoms with Gasteiger partial charge in [-0.1, -0.05) is 42.5 Å². The van der Waals surface area contributed by atoms with Crippen LogP contribution in [0.1, 0.15) is 16.9 Å². The van der Waals surface area contributed by atoms with Crippen LogP contribution >= 0.6 is 16.0 Å². The molecule has 0 heterocycles. The standard InChI is InChI=1S/C19H27NO6P2/c1-23-27(24-2)19(17-10-12-18(21)13-11-17)20(15-28(22,25-3)26-4)14-16-8-6-5-7-9-16/h5-13,19,21H,14-15H2,1-4H3. The summed E-state index contributed by atoms with van der Waals surface area (Å²) < 4.78 is 34.5. The molecule has 0 amide bonds. The first-order valence-electron chi connectivity index (χ1n) is 8.61. The number of phenolic OH excluding ortho intramolecular Hbond substituents is 1. The molecule has 1 N–H and O–H groups in total. The van der Waals surface area contributed by atoms with Gasteiger partial charge in [0.2, 0.25) is 0 Å². The molecule has 1 atom stereocenters. The van der Waals surface area contributed by atoms with Crippen LogP contribution in [0.2, 0.25) is 0 Å². The van der Waals surface area contributed by atoms with Crippen LogP contribution in [0.15, 0.2) is 54.6 Å². The minimum atomic E-state index is -3.34. The third-order valence-electron chi connectivity index (χ3n) is 4.24. The normalized spacial score (nSPS) is 13.2. The third kappa shape index (κ3) is 6.10. The zero-order chi connectivity index (χ0) is 20.6. The van der Waals surface area contributed by atoms with Gasteiger partial charge in [-0.05, 0) is 23.3 Å². The summed E-state index contributed by atoms with van der Waals surface area (Å²) in [7, 11) is 1.16. The lowest BCUT2D eigenvalue weighted by atomic mass is 10.1. The molecule has 0 saturated heterocycles. The molecule has 0 aliphatic heterocycles. The van der Waals surface area contributed by atoms with Crippen molar-refractivity contribution in [1.29, 1.82) is 0 Å². The van der Waals surface area contributed by atoms with Gasteiger partial charge in [0.15, 0.2) is 8.38 Å². The van der Waals surface area contributed by atoms with Crippen molar-refractivity contribution >= 4 is 16.0 Å². The molecule has 7 nitrogen and oxygen atoms in total. The molecule has 0 aliphatic rings. The van der Waals surface area contributed by atoms with Gasteiger partial charge in [-0.15, -0.1) is 0 Å². The molecule has 154 valence electrons. The van der Waals surface area contributed by atoms with E-state index in [1.54, 1.807) is 38.5 Å². The van der Waals surface area contributed by atoms with Crippen molar-refractivity contribution in [3.63, 3.8) is 0 Å². The van der Waals surface area contributed by atoms with Crippen LogP contribution in [0.4, 0.5) is 0 Å². The lowest BCUT2D eigenvalue weighted by Gasteiger charge is -2.36. The second-order valence-corrected chi connectivity index (χ2v) is 9.99. The fourth-order valence-electron chi connectivity index (χ4n) is 2.83. The molecule has 2 rings (SSSR count). The van der Waals surface area contributed by atoms with Crippen molar-refractivity contribution in [2.24, 2.45) is 0 Å². The van der Waals surface area contributed by atoms with Crippen LogP contribution < -0.4 is 0 Å². The molecule has 0 bridgehead atoms. The number of phenols is 1. The van der Waals surface area contributed by atoms with Crippen molar-refractivity contribution in [2.75, 3.05) is 34.7 Å². The van der Waals surface area contributed by atoms with Gasteiger partial charge in [-0.3, -0.25) is 9.46 Å². The minimum absolute atomic E-state index is 0.0476. The van der Waals surface area contributed by atoms with Gasteiger partial charge < -0.3 is 23.2 Å². The highest BCUT2D eigenvalue weighted by atomic mass is 31.2. The maximum atomic E-state index is 12.9. The SMILES string of the molecule is COP(OC)C(c1ccc(O)cc1)N(Cc1ccccc1)CP(=O)(OC)OC. The second-order valence-electron chi connectivity index (χ2n) is 5.97. The molecule has 9 heteroatoms. The maximum Gasteiger partial charge on any atom is 0.344 e. The van der Waals surface area contributed by atoms with Crippen molar-refractivity contribution in [1.82, 2.24) is 4.90 Å². The second kappa shape index (κ2) is 11.0. The number of rotatable bonds is 11. The fourth-order valence-corrected chi connectivity index (χ4v) is 5.44. The van der Waals surface area contributed by atoms with Crippen molar-refractivity contribution in [2.45, 2.75) is 12.3 Å². The van der Waals surface area contributed by atoms with Gasteiger partial charge in [0.05, 0.1) is 0 Å². The Balaban J connectivity index is 2.49. The lowest BCUT2D eigenvalue weighted by Crippen LogP contribution is -2.30. The van der Waals surface area contributed by atoms with E-state index in [-0.39, 0.29) is 17.8 Å². The van der Waals surface area contributed by atoms with Crippen LogP contribution in [0, 0.1) is 0 Å². The fraction of sp³-hybridized carbons (Fsp3) is 0.368. The van der Waals surface area contributed by atoms with Crippen LogP contribution in [0.25, 0.3) is 0 Å². The predicted octanol–water partition coefficient (Wildman–Crippen LogP) is 4.94. The predicted molar refractivity (Wildman–Crippen MR) is 110 cm³/mol. The van der Waals surface area contributed by atoms with Gasteiger partial charge in [0.25, 0.3) is 0 Å². The van der Waals surface area contributed by atoms with E-state index in [2.05, 4.69) is 0 Å². The first-order valence-corrected chi connectivity index (χ1v) is 11.6. The van der Waals surface area contributed by atoms with Gasteiger partial charge >= 0.3 is 7.60 Å². The van der Waals surface area contributed by atoms with Crippen LogP contribution in [0.5, 0.6) is 5.75 Å².